The average molecular weight is 833 g/mol. The zero-order chi connectivity index (χ0) is 44.1. The van der Waals surface area contributed by atoms with Crippen LogP contribution in [0.2, 0.25) is 0 Å². The van der Waals surface area contributed by atoms with E-state index in [-0.39, 0.29) is 0 Å². The first kappa shape index (κ1) is 40.5. The first-order valence-corrected chi connectivity index (χ1v) is 21.7. The molecule has 1 heterocycles. The minimum absolute atomic E-state index is 0.411. The number of hydrogen-bond acceptors (Lipinski definition) is 2. The van der Waals surface area contributed by atoms with Crippen molar-refractivity contribution in [3.8, 4) is 44.6 Å². The van der Waals surface area contributed by atoms with Gasteiger partial charge in [0.15, 0.2) is 11.7 Å². The van der Waals surface area contributed by atoms with E-state index in [2.05, 4.69) is 207 Å². The topological polar surface area (TPSA) is 50.0 Å². The van der Waals surface area contributed by atoms with Gasteiger partial charge in [-0.3, -0.25) is 4.99 Å². The van der Waals surface area contributed by atoms with Gasteiger partial charge in [-0.2, -0.15) is 0 Å². The number of aromatic nitrogens is 1. The molecule has 0 bridgehead atoms. The molecule has 4 heteroatoms. The number of amidine groups is 2. The molecule has 9 aromatic carbocycles. The van der Waals surface area contributed by atoms with E-state index in [0.717, 1.165) is 77.3 Å². The van der Waals surface area contributed by atoms with Crippen molar-refractivity contribution in [1.82, 2.24) is 4.98 Å². The van der Waals surface area contributed by atoms with Crippen LogP contribution in [0.4, 0.5) is 0 Å². The molecule has 0 saturated heterocycles. The summed E-state index contributed by atoms with van der Waals surface area (Å²) in [5, 5.41) is 8.20. The summed E-state index contributed by atoms with van der Waals surface area (Å²) in [6, 6.07) is 70.9. The molecule has 0 spiro atoms. The molecule has 0 aliphatic heterocycles. The number of fused-ring (bicyclic) bond motifs is 5. The van der Waals surface area contributed by atoms with E-state index >= 15 is 0 Å². The molecule has 4 nitrogen and oxygen atoms in total. The smallest absolute Gasteiger partial charge is 0.160 e. The van der Waals surface area contributed by atoms with Crippen LogP contribution in [0.15, 0.2) is 252 Å². The Balaban J connectivity index is 1.10. The largest absolute Gasteiger partial charge is 0.261 e. The Morgan fingerprint density at radius 1 is 0.477 bits per heavy atom. The van der Waals surface area contributed by atoms with Gasteiger partial charge in [0.1, 0.15) is 0 Å². The van der Waals surface area contributed by atoms with Gasteiger partial charge in [-0.1, -0.05) is 189 Å². The number of pyridine rings is 1. The highest BCUT2D eigenvalue weighted by molar-refractivity contribution is 6.14. The van der Waals surface area contributed by atoms with E-state index in [0.29, 0.717) is 23.8 Å². The number of para-hydroxylation sites is 1. The van der Waals surface area contributed by atoms with Crippen molar-refractivity contribution in [3.05, 3.63) is 248 Å². The highest BCUT2D eigenvalue weighted by atomic mass is 15.0. The van der Waals surface area contributed by atoms with Gasteiger partial charge >= 0.3 is 0 Å². The molecule has 65 heavy (non-hydrogen) atoms. The molecule has 0 aliphatic rings. The van der Waals surface area contributed by atoms with Gasteiger partial charge in [0, 0.05) is 27.5 Å². The van der Waals surface area contributed by atoms with Gasteiger partial charge in [-0.25, -0.2) is 15.0 Å². The van der Waals surface area contributed by atoms with Crippen LogP contribution < -0.4 is 0 Å². The van der Waals surface area contributed by atoms with Crippen molar-refractivity contribution in [2.24, 2.45) is 15.0 Å². The lowest BCUT2D eigenvalue weighted by Crippen LogP contribution is -2.06. The molecule has 0 atom stereocenters. The summed E-state index contributed by atoms with van der Waals surface area (Å²) in [5.74, 6) is 0.943. The van der Waals surface area contributed by atoms with Crippen molar-refractivity contribution in [3.63, 3.8) is 0 Å². The van der Waals surface area contributed by atoms with Crippen LogP contribution in [0.3, 0.4) is 0 Å². The highest BCUT2D eigenvalue weighted by Crippen LogP contribution is 2.36. The molecule has 0 fully saturated rings. The molecule has 0 amide bonds. The third-order valence-electron chi connectivity index (χ3n) is 11.9. The molecule has 308 valence electrons. The Bertz CT molecular complexity index is 3560. The minimum Gasteiger partial charge on any atom is -0.261 e. The van der Waals surface area contributed by atoms with Crippen LogP contribution in [0.5, 0.6) is 0 Å². The summed E-state index contributed by atoms with van der Waals surface area (Å²) in [5.41, 5.74) is 12.2. The fraction of sp³-hybridized carbons (Fsp3) is 0.0164. The number of benzene rings is 9. The predicted octanol–water partition coefficient (Wildman–Crippen LogP) is 15.7. The van der Waals surface area contributed by atoms with Crippen LogP contribution >= 0.6 is 0 Å². The lowest BCUT2D eigenvalue weighted by atomic mass is 9.92. The summed E-state index contributed by atoms with van der Waals surface area (Å²) in [6.07, 6.45) is 5.23. The standard InChI is InChI=1S/C61H44N4/c1-4-15-42(5-2)60(62-3)65-61(63-40-41-16-7-6-8-17-41)54-38-52(45-26-24-44(25-27-45)47-29-28-43-18-9-10-19-46(43)34-47)37-53(39-54)50-31-30-49-36-51(33-32-48(49)35-50)59-57-22-12-11-20-55(57)56-21-13-14-23-58(56)64-59/h4-39H,1-3,40H2/b42-15+,63-61?,65-60?. The maximum absolute atomic E-state index is 5.19. The van der Waals surface area contributed by atoms with Gasteiger partial charge < -0.3 is 0 Å². The number of hydrogen-bond donors (Lipinski definition) is 0. The van der Waals surface area contributed by atoms with Crippen LogP contribution in [0.1, 0.15) is 11.1 Å². The average Bonchev–Trinajstić information content (AvgIpc) is 3.37. The molecule has 0 saturated carbocycles. The lowest BCUT2D eigenvalue weighted by molar-refractivity contribution is 1.06. The first-order valence-electron chi connectivity index (χ1n) is 21.7. The Kier molecular flexibility index (Phi) is 11.2. The second-order valence-electron chi connectivity index (χ2n) is 16.0. The van der Waals surface area contributed by atoms with Crippen molar-refractivity contribution < 1.29 is 0 Å². The van der Waals surface area contributed by atoms with Crippen molar-refractivity contribution in [2.45, 2.75) is 6.54 Å². The van der Waals surface area contributed by atoms with E-state index < -0.39 is 0 Å². The summed E-state index contributed by atoms with van der Waals surface area (Å²) in [4.78, 5) is 19.8. The SMILES string of the molecule is C=C/C=C(\C=C)C(N=C)=NC(=NCc1ccccc1)c1cc(-c2ccc(-c3ccc4ccccc4c3)cc2)cc(-c2ccc3cc(-c4nc5ccccc5c5ccccc45)ccc3c2)c1. The third kappa shape index (κ3) is 8.37. The van der Waals surface area contributed by atoms with Gasteiger partial charge in [-0.05, 0) is 115 Å². The Morgan fingerprint density at radius 2 is 1.02 bits per heavy atom. The monoisotopic (exact) mass is 832 g/mol. The van der Waals surface area contributed by atoms with Gasteiger partial charge in [-0.15, -0.1) is 0 Å². The lowest BCUT2D eigenvalue weighted by Gasteiger charge is -2.14. The normalized spacial score (nSPS) is 12.2. The zero-order valence-electron chi connectivity index (χ0n) is 35.9. The quantitative estimate of drug-likeness (QED) is 0.0586. The fourth-order valence-corrected chi connectivity index (χ4v) is 8.60. The number of rotatable bonds is 10. The molecule has 0 aliphatic carbocycles. The molecule has 0 radical (unpaired) electrons. The minimum atomic E-state index is 0.411. The summed E-state index contributed by atoms with van der Waals surface area (Å²) < 4.78 is 0. The summed E-state index contributed by atoms with van der Waals surface area (Å²) >= 11 is 0. The number of allylic oxidation sites excluding steroid dienone is 2. The molecule has 0 N–H and O–H groups in total. The second kappa shape index (κ2) is 18.0. The fourth-order valence-electron chi connectivity index (χ4n) is 8.60. The Morgan fingerprint density at radius 3 is 1.72 bits per heavy atom. The Labute approximate surface area is 379 Å². The number of aliphatic imine (C=N–C) groups is 3. The Hall–Kier alpha value is -8.60. The molecular formula is C61H44N4. The van der Waals surface area contributed by atoms with E-state index in [9.17, 15) is 0 Å². The zero-order valence-corrected chi connectivity index (χ0v) is 35.9. The van der Waals surface area contributed by atoms with Crippen LogP contribution in [0, 0.1) is 0 Å². The maximum atomic E-state index is 5.19. The van der Waals surface area contributed by atoms with Gasteiger partial charge in [0.2, 0.25) is 0 Å². The number of nitrogens with zero attached hydrogens (tertiary/aromatic N) is 4. The van der Waals surface area contributed by atoms with Gasteiger partial charge in [0.25, 0.3) is 0 Å². The molecule has 10 rings (SSSR count). The van der Waals surface area contributed by atoms with Crippen LogP contribution in [-0.4, -0.2) is 23.4 Å². The molecular weight excluding hydrogens is 789 g/mol. The summed E-state index contributed by atoms with van der Waals surface area (Å²) in [6.45, 7) is 12.2. The van der Waals surface area contributed by atoms with E-state index in [4.69, 9.17) is 15.0 Å². The van der Waals surface area contributed by atoms with E-state index in [1.165, 1.54) is 21.7 Å². The maximum Gasteiger partial charge on any atom is 0.160 e. The van der Waals surface area contributed by atoms with Crippen molar-refractivity contribution in [1.29, 1.82) is 0 Å². The van der Waals surface area contributed by atoms with Crippen molar-refractivity contribution in [2.75, 3.05) is 0 Å². The van der Waals surface area contributed by atoms with E-state index in [1.807, 2.05) is 24.3 Å². The molecule has 10 aromatic rings. The molecule has 0 unspecified atom stereocenters. The van der Waals surface area contributed by atoms with Crippen molar-refractivity contribution >= 4 is 61.6 Å². The third-order valence-corrected chi connectivity index (χ3v) is 11.9. The first-order chi connectivity index (χ1) is 32.0. The van der Waals surface area contributed by atoms with E-state index in [1.54, 1.807) is 12.2 Å². The van der Waals surface area contributed by atoms with Crippen LogP contribution in [-0.2, 0) is 6.54 Å². The predicted molar refractivity (Wildman–Crippen MR) is 278 cm³/mol. The van der Waals surface area contributed by atoms with Crippen LogP contribution in [0.25, 0.3) is 87.9 Å². The molecule has 1 aromatic heterocycles. The highest BCUT2D eigenvalue weighted by Gasteiger charge is 2.15. The van der Waals surface area contributed by atoms with Gasteiger partial charge in [0.05, 0.1) is 17.8 Å². The summed E-state index contributed by atoms with van der Waals surface area (Å²) in [7, 11) is 0. The second-order valence-corrected chi connectivity index (χ2v) is 16.0.